The van der Waals surface area contributed by atoms with Crippen molar-refractivity contribution in [2.75, 3.05) is 18.5 Å². The molecule has 1 fully saturated rings. The Labute approximate surface area is 120 Å². The predicted molar refractivity (Wildman–Crippen MR) is 74.0 cm³/mol. The van der Waals surface area contributed by atoms with Crippen LogP contribution in [0.5, 0.6) is 0 Å². The maximum atomic E-state index is 11.5. The number of rotatable bonds is 4. The molecule has 7 heteroatoms. The number of hydrogen-bond donors (Lipinski definition) is 3. The number of anilines is 1. The van der Waals surface area contributed by atoms with Crippen molar-refractivity contribution in [1.82, 2.24) is 0 Å². The number of ether oxygens (including phenoxy) is 1. The molecule has 1 aromatic rings. The molecular weight excluding hydrogens is 284 g/mol. The number of primary amides is 1. The van der Waals surface area contributed by atoms with Gasteiger partial charge in [-0.3, -0.25) is 4.79 Å². The molecular formula is C13H15ClN2O4. The van der Waals surface area contributed by atoms with E-state index in [2.05, 4.69) is 5.32 Å². The van der Waals surface area contributed by atoms with E-state index in [0.29, 0.717) is 31.7 Å². The molecule has 4 N–H and O–H groups in total. The lowest BCUT2D eigenvalue weighted by atomic mass is 9.89. The quantitative estimate of drug-likeness (QED) is 0.781. The highest BCUT2D eigenvalue weighted by Crippen LogP contribution is 2.28. The van der Waals surface area contributed by atoms with E-state index in [1.165, 1.54) is 12.1 Å². The number of nitrogens with one attached hydrogen (secondary N) is 1. The van der Waals surface area contributed by atoms with Crippen LogP contribution in [0.2, 0.25) is 5.02 Å². The van der Waals surface area contributed by atoms with E-state index in [-0.39, 0.29) is 10.6 Å². The number of carbonyl (C=O) groups is 2. The highest BCUT2D eigenvalue weighted by molar-refractivity contribution is 6.34. The molecule has 1 aliphatic heterocycles. The van der Waals surface area contributed by atoms with Gasteiger partial charge in [0.25, 0.3) is 0 Å². The van der Waals surface area contributed by atoms with Gasteiger partial charge in [0.15, 0.2) is 0 Å². The van der Waals surface area contributed by atoms with E-state index in [1.807, 2.05) is 0 Å². The Morgan fingerprint density at radius 3 is 2.50 bits per heavy atom. The normalized spacial score (nSPS) is 17.4. The standard InChI is InChI=1S/C13H15ClN2O4/c14-10-7-8(1-2-9(10)11(15)17)16-13(12(18)19)3-5-20-6-4-13/h1-2,7,16H,3-6H2,(H2,15,17)(H,18,19). The zero-order valence-corrected chi connectivity index (χ0v) is 11.4. The van der Waals surface area contributed by atoms with Crippen LogP contribution >= 0.6 is 11.6 Å². The third kappa shape index (κ3) is 2.86. The number of benzene rings is 1. The lowest BCUT2D eigenvalue weighted by molar-refractivity contribution is -0.145. The summed E-state index contributed by atoms with van der Waals surface area (Å²) < 4.78 is 5.20. The summed E-state index contributed by atoms with van der Waals surface area (Å²) in [6.45, 7) is 0.763. The number of aliphatic carboxylic acids is 1. The van der Waals surface area contributed by atoms with E-state index < -0.39 is 17.4 Å². The van der Waals surface area contributed by atoms with Crippen LogP contribution in [0.25, 0.3) is 0 Å². The van der Waals surface area contributed by atoms with Crippen molar-refractivity contribution in [3.05, 3.63) is 28.8 Å². The van der Waals surface area contributed by atoms with E-state index in [1.54, 1.807) is 6.07 Å². The molecule has 1 heterocycles. The first-order chi connectivity index (χ1) is 9.44. The summed E-state index contributed by atoms with van der Waals surface area (Å²) >= 11 is 5.95. The van der Waals surface area contributed by atoms with Crippen molar-refractivity contribution >= 4 is 29.2 Å². The molecule has 0 radical (unpaired) electrons. The van der Waals surface area contributed by atoms with Crippen molar-refractivity contribution in [3.63, 3.8) is 0 Å². The molecule has 0 atom stereocenters. The summed E-state index contributed by atoms with van der Waals surface area (Å²) in [6, 6.07) is 4.57. The van der Waals surface area contributed by atoms with Crippen LogP contribution in [0.3, 0.4) is 0 Å². The summed E-state index contributed by atoms with van der Waals surface area (Å²) in [6.07, 6.45) is 0.717. The average Bonchev–Trinajstić information content (AvgIpc) is 2.39. The number of carboxylic acids is 1. The van der Waals surface area contributed by atoms with E-state index in [9.17, 15) is 14.7 Å². The van der Waals surface area contributed by atoms with E-state index >= 15 is 0 Å². The van der Waals surface area contributed by atoms with Crippen LogP contribution in [0.1, 0.15) is 23.2 Å². The largest absolute Gasteiger partial charge is 0.480 e. The Balaban J connectivity index is 2.25. The minimum Gasteiger partial charge on any atom is -0.480 e. The van der Waals surface area contributed by atoms with Crippen LogP contribution in [-0.4, -0.2) is 35.7 Å². The molecule has 6 nitrogen and oxygen atoms in total. The van der Waals surface area contributed by atoms with Crippen LogP contribution in [0, 0.1) is 0 Å². The summed E-state index contributed by atoms with van der Waals surface area (Å²) in [5.41, 5.74) is 4.83. The second-order valence-corrected chi connectivity index (χ2v) is 5.09. The fraction of sp³-hybridized carbons (Fsp3) is 0.385. The Kier molecular flexibility index (Phi) is 4.15. The third-order valence-electron chi connectivity index (χ3n) is 3.37. The van der Waals surface area contributed by atoms with Crippen molar-refractivity contribution in [1.29, 1.82) is 0 Å². The van der Waals surface area contributed by atoms with E-state index in [4.69, 9.17) is 22.1 Å². The van der Waals surface area contributed by atoms with Crippen molar-refractivity contribution in [3.8, 4) is 0 Å². The van der Waals surface area contributed by atoms with Gasteiger partial charge in [0.1, 0.15) is 5.54 Å². The Morgan fingerprint density at radius 2 is 2.00 bits per heavy atom. The molecule has 0 bridgehead atoms. The number of carbonyl (C=O) groups excluding carboxylic acids is 1. The zero-order valence-electron chi connectivity index (χ0n) is 10.7. The molecule has 1 aromatic carbocycles. The van der Waals surface area contributed by atoms with Crippen LogP contribution in [-0.2, 0) is 9.53 Å². The Bertz CT molecular complexity index is 541. The molecule has 1 saturated heterocycles. The molecule has 0 aliphatic carbocycles. The first-order valence-corrected chi connectivity index (χ1v) is 6.51. The lowest BCUT2D eigenvalue weighted by Gasteiger charge is -2.34. The number of nitrogens with two attached hydrogens (primary N) is 1. The fourth-order valence-electron chi connectivity index (χ4n) is 2.18. The summed E-state index contributed by atoms with van der Waals surface area (Å²) in [5, 5.41) is 12.6. The van der Waals surface area contributed by atoms with Gasteiger partial charge >= 0.3 is 5.97 Å². The van der Waals surface area contributed by atoms with Gasteiger partial charge in [-0.25, -0.2) is 4.79 Å². The second-order valence-electron chi connectivity index (χ2n) is 4.68. The van der Waals surface area contributed by atoms with Gasteiger partial charge in [-0.05, 0) is 18.2 Å². The van der Waals surface area contributed by atoms with E-state index in [0.717, 1.165) is 0 Å². The van der Waals surface area contributed by atoms with Crippen LogP contribution < -0.4 is 11.1 Å². The predicted octanol–water partition coefficient (Wildman–Crippen LogP) is 1.48. The maximum absolute atomic E-state index is 11.5. The fourth-order valence-corrected chi connectivity index (χ4v) is 2.45. The topological polar surface area (TPSA) is 102 Å². The zero-order chi connectivity index (χ0) is 14.8. The third-order valence-corrected chi connectivity index (χ3v) is 3.69. The van der Waals surface area contributed by atoms with Gasteiger partial charge in [-0.2, -0.15) is 0 Å². The number of carboxylic acid groups (broad SMARTS) is 1. The molecule has 0 spiro atoms. The average molecular weight is 299 g/mol. The first kappa shape index (κ1) is 14.6. The van der Waals surface area contributed by atoms with Gasteiger partial charge in [0.2, 0.25) is 5.91 Å². The summed E-state index contributed by atoms with van der Waals surface area (Å²) in [4.78, 5) is 22.6. The smallest absolute Gasteiger partial charge is 0.329 e. The SMILES string of the molecule is NC(=O)c1ccc(NC2(C(=O)O)CCOCC2)cc1Cl. The molecule has 0 aromatic heterocycles. The van der Waals surface area contributed by atoms with Gasteiger partial charge in [-0.1, -0.05) is 11.6 Å². The van der Waals surface area contributed by atoms with Crippen molar-refractivity contribution < 1.29 is 19.4 Å². The minimum atomic E-state index is -1.07. The van der Waals surface area contributed by atoms with Crippen LogP contribution in [0.15, 0.2) is 18.2 Å². The second kappa shape index (κ2) is 5.68. The molecule has 20 heavy (non-hydrogen) atoms. The molecule has 0 saturated carbocycles. The molecule has 2 rings (SSSR count). The number of halogens is 1. The Hall–Kier alpha value is -1.79. The molecule has 1 aliphatic rings. The lowest BCUT2D eigenvalue weighted by Crippen LogP contribution is -2.50. The van der Waals surface area contributed by atoms with Crippen molar-refractivity contribution in [2.24, 2.45) is 5.73 Å². The van der Waals surface area contributed by atoms with Gasteiger partial charge in [-0.15, -0.1) is 0 Å². The summed E-state index contributed by atoms with van der Waals surface area (Å²) in [5.74, 6) is -1.56. The molecule has 1 amide bonds. The number of amides is 1. The highest BCUT2D eigenvalue weighted by atomic mass is 35.5. The molecule has 108 valence electrons. The van der Waals surface area contributed by atoms with Gasteiger partial charge in [0, 0.05) is 31.7 Å². The Morgan fingerprint density at radius 1 is 1.35 bits per heavy atom. The van der Waals surface area contributed by atoms with Gasteiger partial charge in [0.05, 0.1) is 10.6 Å². The van der Waals surface area contributed by atoms with Crippen LogP contribution in [0.4, 0.5) is 5.69 Å². The minimum absolute atomic E-state index is 0.190. The van der Waals surface area contributed by atoms with Gasteiger partial charge < -0.3 is 20.9 Å². The highest BCUT2D eigenvalue weighted by Gasteiger charge is 2.40. The monoisotopic (exact) mass is 298 g/mol. The number of hydrogen-bond acceptors (Lipinski definition) is 4. The van der Waals surface area contributed by atoms with Crippen molar-refractivity contribution in [2.45, 2.75) is 18.4 Å². The summed E-state index contributed by atoms with van der Waals surface area (Å²) in [7, 11) is 0. The molecule has 0 unspecified atom stereocenters. The maximum Gasteiger partial charge on any atom is 0.329 e. The first-order valence-electron chi connectivity index (χ1n) is 6.13.